The van der Waals surface area contributed by atoms with Gasteiger partial charge in [0.1, 0.15) is 5.01 Å². The Morgan fingerprint density at radius 1 is 1.15 bits per heavy atom. The first-order chi connectivity index (χ1) is 12.5. The average molecular weight is 372 g/mol. The SMILES string of the molecule is CC(c1ccc(F)c(F)c1)N(C)C(=O)Cc1csc(-c2ccccc2)n1. The van der Waals surface area contributed by atoms with Gasteiger partial charge in [0, 0.05) is 18.0 Å². The van der Waals surface area contributed by atoms with Crippen molar-refractivity contribution in [3.63, 3.8) is 0 Å². The summed E-state index contributed by atoms with van der Waals surface area (Å²) in [5.74, 6) is -1.94. The molecule has 6 heteroatoms. The molecule has 0 saturated heterocycles. The van der Waals surface area contributed by atoms with Crippen LogP contribution in [0.4, 0.5) is 8.78 Å². The van der Waals surface area contributed by atoms with Crippen LogP contribution in [0.1, 0.15) is 24.2 Å². The quantitative estimate of drug-likeness (QED) is 0.641. The maximum absolute atomic E-state index is 13.4. The molecule has 134 valence electrons. The lowest BCUT2D eigenvalue weighted by atomic mass is 10.1. The Balaban J connectivity index is 1.69. The van der Waals surface area contributed by atoms with Crippen LogP contribution in [0, 0.1) is 11.6 Å². The summed E-state index contributed by atoms with van der Waals surface area (Å²) in [5, 5.41) is 2.74. The van der Waals surface area contributed by atoms with Gasteiger partial charge < -0.3 is 4.90 Å². The normalized spacial score (nSPS) is 12.0. The number of benzene rings is 2. The van der Waals surface area contributed by atoms with Crippen LogP contribution >= 0.6 is 11.3 Å². The van der Waals surface area contributed by atoms with Gasteiger partial charge in [0.05, 0.1) is 18.2 Å². The van der Waals surface area contributed by atoms with Gasteiger partial charge in [0.2, 0.25) is 5.91 Å². The molecule has 0 spiro atoms. The summed E-state index contributed by atoms with van der Waals surface area (Å²) < 4.78 is 26.5. The van der Waals surface area contributed by atoms with E-state index in [4.69, 9.17) is 0 Å². The number of carbonyl (C=O) groups is 1. The van der Waals surface area contributed by atoms with Crippen LogP contribution in [-0.2, 0) is 11.2 Å². The van der Waals surface area contributed by atoms with Gasteiger partial charge in [-0.15, -0.1) is 11.3 Å². The van der Waals surface area contributed by atoms with Gasteiger partial charge in [-0.05, 0) is 24.6 Å². The smallest absolute Gasteiger partial charge is 0.228 e. The number of rotatable bonds is 5. The van der Waals surface area contributed by atoms with Crippen LogP contribution in [0.25, 0.3) is 10.6 Å². The Bertz CT molecular complexity index is 911. The van der Waals surface area contributed by atoms with Gasteiger partial charge in [-0.1, -0.05) is 36.4 Å². The van der Waals surface area contributed by atoms with E-state index in [1.165, 1.54) is 22.3 Å². The Hall–Kier alpha value is -2.60. The Morgan fingerprint density at radius 3 is 2.58 bits per heavy atom. The number of hydrogen-bond donors (Lipinski definition) is 0. The molecule has 0 aliphatic rings. The number of amides is 1. The largest absolute Gasteiger partial charge is 0.339 e. The minimum Gasteiger partial charge on any atom is -0.339 e. The molecule has 0 bridgehead atoms. The Kier molecular flexibility index (Phi) is 5.42. The van der Waals surface area contributed by atoms with Gasteiger partial charge >= 0.3 is 0 Å². The van der Waals surface area contributed by atoms with Crippen molar-refractivity contribution < 1.29 is 13.6 Å². The molecule has 3 nitrogen and oxygen atoms in total. The lowest BCUT2D eigenvalue weighted by Crippen LogP contribution is -2.31. The predicted molar refractivity (Wildman–Crippen MR) is 98.8 cm³/mol. The average Bonchev–Trinajstić information content (AvgIpc) is 3.12. The number of thiazole rings is 1. The van der Waals surface area contributed by atoms with E-state index in [0.717, 1.165) is 22.7 Å². The number of aromatic nitrogens is 1. The van der Waals surface area contributed by atoms with Gasteiger partial charge in [0.15, 0.2) is 11.6 Å². The van der Waals surface area contributed by atoms with Crippen LogP contribution in [0.2, 0.25) is 0 Å². The van der Waals surface area contributed by atoms with Crippen molar-refractivity contribution in [3.8, 4) is 10.6 Å². The molecule has 0 saturated carbocycles. The summed E-state index contributed by atoms with van der Waals surface area (Å²) in [5.41, 5.74) is 2.26. The molecule has 1 unspecified atom stereocenters. The highest BCUT2D eigenvalue weighted by Gasteiger charge is 2.20. The van der Waals surface area contributed by atoms with Gasteiger partial charge in [0.25, 0.3) is 0 Å². The molecule has 3 rings (SSSR count). The molecule has 1 atom stereocenters. The highest BCUT2D eigenvalue weighted by atomic mass is 32.1. The van der Waals surface area contributed by atoms with E-state index >= 15 is 0 Å². The summed E-state index contributed by atoms with van der Waals surface area (Å²) in [6.07, 6.45) is 0.161. The highest BCUT2D eigenvalue weighted by molar-refractivity contribution is 7.13. The van der Waals surface area contributed by atoms with Crippen LogP contribution in [0.15, 0.2) is 53.9 Å². The van der Waals surface area contributed by atoms with Crippen molar-refractivity contribution in [1.29, 1.82) is 0 Å². The highest BCUT2D eigenvalue weighted by Crippen LogP contribution is 2.25. The first kappa shape index (κ1) is 18.2. The molecule has 26 heavy (non-hydrogen) atoms. The van der Waals surface area contributed by atoms with E-state index in [1.54, 1.807) is 14.0 Å². The van der Waals surface area contributed by atoms with Gasteiger partial charge in [-0.2, -0.15) is 0 Å². The minimum absolute atomic E-state index is 0.132. The fourth-order valence-corrected chi connectivity index (χ4v) is 3.42. The summed E-state index contributed by atoms with van der Waals surface area (Å²) in [6.45, 7) is 1.78. The molecule has 1 heterocycles. The zero-order chi connectivity index (χ0) is 18.7. The van der Waals surface area contributed by atoms with Crippen LogP contribution in [-0.4, -0.2) is 22.8 Å². The van der Waals surface area contributed by atoms with Crippen molar-refractivity contribution >= 4 is 17.2 Å². The van der Waals surface area contributed by atoms with E-state index in [-0.39, 0.29) is 18.4 Å². The topological polar surface area (TPSA) is 33.2 Å². The Morgan fingerprint density at radius 2 is 1.88 bits per heavy atom. The number of carbonyl (C=O) groups excluding carboxylic acids is 1. The lowest BCUT2D eigenvalue weighted by Gasteiger charge is -2.25. The van der Waals surface area contributed by atoms with E-state index in [1.807, 2.05) is 35.7 Å². The van der Waals surface area contributed by atoms with Crippen molar-refractivity contribution in [3.05, 3.63) is 76.8 Å². The first-order valence-corrected chi connectivity index (χ1v) is 9.04. The fourth-order valence-electron chi connectivity index (χ4n) is 2.59. The second-order valence-corrected chi connectivity index (χ2v) is 6.90. The van der Waals surface area contributed by atoms with Crippen molar-refractivity contribution in [2.24, 2.45) is 0 Å². The summed E-state index contributed by atoms with van der Waals surface area (Å²) in [4.78, 5) is 18.6. The summed E-state index contributed by atoms with van der Waals surface area (Å²) in [7, 11) is 1.65. The van der Waals surface area contributed by atoms with Crippen LogP contribution in [0.3, 0.4) is 0 Å². The van der Waals surface area contributed by atoms with Crippen LogP contribution < -0.4 is 0 Å². The second-order valence-electron chi connectivity index (χ2n) is 6.04. The van der Waals surface area contributed by atoms with Gasteiger partial charge in [-0.3, -0.25) is 4.79 Å². The number of hydrogen-bond acceptors (Lipinski definition) is 3. The van der Waals surface area contributed by atoms with E-state index in [9.17, 15) is 13.6 Å². The Labute approximate surface area is 154 Å². The van der Waals surface area contributed by atoms with Crippen LogP contribution in [0.5, 0.6) is 0 Å². The minimum atomic E-state index is -0.915. The molecule has 0 N–H and O–H groups in total. The maximum atomic E-state index is 13.4. The van der Waals surface area contributed by atoms with E-state index in [0.29, 0.717) is 11.3 Å². The first-order valence-electron chi connectivity index (χ1n) is 8.16. The molecule has 3 aromatic rings. The third-order valence-corrected chi connectivity index (χ3v) is 5.25. The van der Waals surface area contributed by atoms with Gasteiger partial charge in [-0.25, -0.2) is 13.8 Å². The molecule has 1 aromatic heterocycles. The second kappa shape index (κ2) is 7.74. The standard InChI is InChI=1S/C20H18F2N2OS/c1-13(15-8-9-17(21)18(22)10-15)24(2)19(25)11-16-12-26-20(23-16)14-6-4-3-5-7-14/h3-10,12-13H,11H2,1-2H3. The van der Waals surface area contributed by atoms with Crippen molar-refractivity contribution in [2.75, 3.05) is 7.05 Å². The van der Waals surface area contributed by atoms with Crippen molar-refractivity contribution in [2.45, 2.75) is 19.4 Å². The molecule has 0 radical (unpaired) electrons. The van der Waals surface area contributed by atoms with Crippen molar-refractivity contribution in [1.82, 2.24) is 9.88 Å². The maximum Gasteiger partial charge on any atom is 0.228 e. The fraction of sp³-hybridized carbons (Fsp3) is 0.200. The number of halogens is 2. The molecular formula is C20H18F2N2OS. The number of nitrogens with zero attached hydrogens (tertiary/aromatic N) is 2. The molecule has 2 aromatic carbocycles. The molecule has 1 amide bonds. The molecule has 0 fully saturated rings. The number of likely N-dealkylation sites (N-methyl/N-ethyl adjacent to an activating group) is 1. The lowest BCUT2D eigenvalue weighted by molar-refractivity contribution is -0.131. The molecule has 0 aliphatic heterocycles. The molecular weight excluding hydrogens is 354 g/mol. The zero-order valence-electron chi connectivity index (χ0n) is 14.4. The predicted octanol–water partition coefficient (Wildman–Crippen LogP) is 4.85. The summed E-state index contributed by atoms with van der Waals surface area (Å²) in [6, 6.07) is 13.1. The summed E-state index contributed by atoms with van der Waals surface area (Å²) >= 11 is 1.49. The van der Waals surface area contributed by atoms with E-state index < -0.39 is 11.6 Å². The van der Waals surface area contributed by atoms with E-state index in [2.05, 4.69) is 4.98 Å². The zero-order valence-corrected chi connectivity index (χ0v) is 15.3. The third-order valence-electron chi connectivity index (χ3n) is 4.31. The third kappa shape index (κ3) is 3.96. The monoisotopic (exact) mass is 372 g/mol. The molecule has 0 aliphatic carbocycles.